The molecule has 0 amide bonds. The number of rotatable bonds is 4. The third kappa shape index (κ3) is 2.79. The van der Waals surface area contributed by atoms with Gasteiger partial charge in [-0.3, -0.25) is 5.10 Å². The first kappa shape index (κ1) is 18.4. The van der Waals surface area contributed by atoms with E-state index in [2.05, 4.69) is 5.10 Å². The largest absolute Gasteiger partial charge is 0.497 e. The lowest BCUT2D eigenvalue weighted by Gasteiger charge is -2.27. The lowest BCUT2D eigenvalue weighted by atomic mass is 10.1. The van der Waals surface area contributed by atoms with Gasteiger partial charge in [0.15, 0.2) is 0 Å². The molecule has 1 aromatic carbocycles. The normalized spacial score (nSPS) is 13.2. The van der Waals surface area contributed by atoms with Gasteiger partial charge in [0.1, 0.15) is 17.1 Å². The Hall–Kier alpha value is -1.97. The van der Waals surface area contributed by atoms with Gasteiger partial charge in [0, 0.05) is 5.56 Å². The molecule has 0 aliphatic carbocycles. The number of H-pyrrole nitrogens is 1. The number of methoxy groups -OCH3 is 1. The fourth-order valence-electron chi connectivity index (χ4n) is 1.81. The molecule has 11 heteroatoms. The number of nitrogens with zero attached hydrogens (tertiary/aromatic N) is 1. The van der Waals surface area contributed by atoms with E-state index in [1.54, 1.807) is 0 Å². The van der Waals surface area contributed by atoms with Crippen molar-refractivity contribution in [1.82, 2.24) is 10.2 Å². The Kier molecular flexibility index (Phi) is 4.47. The van der Waals surface area contributed by atoms with Crippen molar-refractivity contribution >= 4 is 11.6 Å². The smallest absolute Gasteiger partial charge is 0.460 e. The van der Waals surface area contributed by atoms with Crippen molar-refractivity contribution in [1.29, 1.82) is 0 Å². The van der Waals surface area contributed by atoms with Crippen molar-refractivity contribution < 1.29 is 35.5 Å². The van der Waals surface area contributed by atoms with Gasteiger partial charge < -0.3 is 4.74 Å². The van der Waals surface area contributed by atoms with Crippen molar-refractivity contribution in [3.05, 3.63) is 35.0 Å². The zero-order valence-electron chi connectivity index (χ0n) is 11.7. The molecule has 1 aromatic heterocycles. The van der Waals surface area contributed by atoms with E-state index in [0.29, 0.717) is 5.75 Å². The number of hydrogen-bond donors (Lipinski definition) is 1. The maximum absolute atomic E-state index is 13.7. The van der Waals surface area contributed by atoms with Crippen molar-refractivity contribution in [3.8, 4) is 17.0 Å². The summed E-state index contributed by atoms with van der Waals surface area (Å²) in [6.45, 7) is 0. The number of halogens is 8. The summed E-state index contributed by atoms with van der Waals surface area (Å²) >= 11 is 5.57. The zero-order valence-corrected chi connectivity index (χ0v) is 12.4. The van der Waals surface area contributed by atoms with Crippen molar-refractivity contribution in [2.45, 2.75) is 18.0 Å². The van der Waals surface area contributed by atoms with Gasteiger partial charge in [0.05, 0.1) is 12.1 Å². The van der Waals surface area contributed by atoms with E-state index in [1.807, 2.05) is 0 Å². The molecule has 0 spiro atoms. The van der Waals surface area contributed by atoms with Crippen LogP contribution in [0.25, 0.3) is 11.3 Å². The molecule has 1 N–H and O–H groups in total. The highest BCUT2D eigenvalue weighted by Gasteiger charge is 2.74. The van der Waals surface area contributed by atoms with Crippen LogP contribution < -0.4 is 4.74 Å². The van der Waals surface area contributed by atoms with Crippen molar-refractivity contribution in [2.24, 2.45) is 0 Å². The number of aromatic nitrogens is 2. The number of nitrogens with one attached hydrogen (secondary N) is 1. The lowest BCUT2D eigenvalue weighted by molar-refractivity contribution is -0.360. The van der Waals surface area contributed by atoms with E-state index in [1.165, 1.54) is 36.5 Å². The summed E-state index contributed by atoms with van der Waals surface area (Å²) < 4.78 is 95.1. The highest BCUT2D eigenvalue weighted by atomic mass is 35.5. The third-order valence-corrected chi connectivity index (χ3v) is 3.50. The molecule has 2 aromatic rings. The second-order valence-electron chi connectivity index (χ2n) is 4.64. The van der Waals surface area contributed by atoms with Crippen molar-refractivity contribution in [3.63, 3.8) is 0 Å². The van der Waals surface area contributed by atoms with Gasteiger partial charge in [-0.15, -0.1) is 0 Å². The van der Waals surface area contributed by atoms with Gasteiger partial charge in [-0.2, -0.15) is 35.8 Å². The SMILES string of the molecule is COc1ccc(-c2n[nH]c(C(F)(F)C(F)(F)C(F)(F)F)c2Cl)cc1. The summed E-state index contributed by atoms with van der Waals surface area (Å²) in [5, 5.41) is 3.77. The van der Waals surface area contributed by atoms with Gasteiger partial charge in [-0.1, -0.05) is 11.6 Å². The van der Waals surface area contributed by atoms with Crippen LogP contribution in [0.5, 0.6) is 5.75 Å². The molecule has 132 valence electrons. The summed E-state index contributed by atoms with van der Waals surface area (Å²) in [7, 11) is 1.37. The Morgan fingerprint density at radius 1 is 1.00 bits per heavy atom. The molecule has 0 radical (unpaired) electrons. The Morgan fingerprint density at radius 3 is 2.00 bits per heavy atom. The minimum absolute atomic E-state index is 0.120. The molecule has 0 unspecified atom stereocenters. The highest BCUT2D eigenvalue weighted by molar-refractivity contribution is 6.33. The average Bonchev–Trinajstić information content (AvgIpc) is 2.88. The number of alkyl halides is 7. The molecule has 1 heterocycles. The molecule has 2 rings (SSSR count). The Balaban J connectivity index is 2.49. The molecular weight excluding hydrogens is 369 g/mol. The quantitative estimate of drug-likeness (QED) is 0.760. The van der Waals surface area contributed by atoms with Crippen LogP contribution in [-0.4, -0.2) is 29.4 Å². The van der Waals surface area contributed by atoms with E-state index in [4.69, 9.17) is 16.3 Å². The van der Waals surface area contributed by atoms with E-state index in [9.17, 15) is 30.7 Å². The molecule has 0 atom stereocenters. The topological polar surface area (TPSA) is 37.9 Å². The van der Waals surface area contributed by atoms with Gasteiger partial charge in [0.2, 0.25) is 0 Å². The maximum Gasteiger partial charge on any atom is 0.460 e. The number of ether oxygens (including phenoxy) is 1. The summed E-state index contributed by atoms with van der Waals surface area (Å²) in [5.74, 6) is -11.5. The molecule has 0 bridgehead atoms. The predicted molar refractivity (Wildman–Crippen MR) is 70.5 cm³/mol. The minimum Gasteiger partial charge on any atom is -0.497 e. The minimum atomic E-state index is -6.47. The van der Waals surface area contributed by atoms with Crippen LogP contribution >= 0.6 is 11.6 Å². The molecule has 0 aliphatic heterocycles. The number of hydrogen-bond acceptors (Lipinski definition) is 2. The van der Waals surface area contributed by atoms with Crippen LogP contribution in [0.1, 0.15) is 5.69 Å². The van der Waals surface area contributed by atoms with Gasteiger partial charge in [0.25, 0.3) is 0 Å². The fraction of sp³-hybridized carbons (Fsp3) is 0.308. The fourth-order valence-corrected chi connectivity index (χ4v) is 2.12. The van der Waals surface area contributed by atoms with Crippen LogP contribution in [0.3, 0.4) is 0 Å². The predicted octanol–water partition coefficient (Wildman–Crippen LogP) is 5.03. The third-order valence-electron chi connectivity index (χ3n) is 3.13. The van der Waals surface area contributed by atoms with Gasteiger partial charge in [-0.25, -0.2) is 0 Å². The summed E-state index contributed by atoms with van der Waals surface area (Å²) in [5.41, 5.74) is -2.10. The van der Waals surface area contributed by atoms with E-state index in [0.717, 1.165) is 0 Å². The molecule has 0 aliphatic rings. The Morgan fingerprint density at radius 2 is 1.54 bits per heavy atom. The summed E-state index contributed by atoms with van der Waals surface area (Å²) in [6, 6.07) is 5.46. The van der Waals surface area contributed by atoms with Crippen LogP contribution in [0.2, 0.25) is 5.02 Å². The first-order chi connectivity index (χ1) is 10.9. The van der Waals surface area contributed by atoms with E-state index in [-0.39, 0.29) is 5.56 Å². The summed E-state index contributed by atoms with van der Waals surface area (Å²) in [6.07, 6.45) is -6.47. The van der Waals surface area contributed by atoms with Gasteiger partial charge >= 0.3 is 18.0 Å². The monoisotopic (exact) mass is 376 g/mol. The highest BCUT2D eigenvalue weighted by Crippen LogP contribution is 2.53. The second-order valence-corrected chi connectivity index (χ2v) is 5.01. The first-order valence-electron chi connectivity index (χ1n) is 6.14. The van der Waals surface area contributed by atoms with Crippen LogP contribution in [0.15, 0.2) is 24.3 Å². The second kappa shape index (κ2) is 5.83. The van der Waals surface area contributed by atoms with Gasteiger partial charge in [-0.05, 0) is 24.3 Å². The van der Waals surface area contributed by atoms with E-state index >= 15 is 0 Å². The summed E-state index contributed by atoms with van der Waals surface area (Å²) in [4.78, 5) is 0. The molecule has 0 saturated heterocycles. The molecule has 24 heavy (non-hydrogen) atoms. The van der Waals surface area contributed by atoms with Crippen LogP contribution in [-0.2, 0) is 5.92 Å². The van der Waals surface area contributed by atoms with E-state index < -0.39 is 34.4 Å². The maximum atomic E-state index is 13.7. The average molecular weight is 377 g/mol. The number of benzene rings is 1. The first-order valence-corrected chi connectivity index (χ1v) is 6.52. The molecule has 0 saturated carbocycles. The Labute approximate surface area is 135 Å². The van der Waals surface area contributed by atoms with Crippen molar-refractivity contribution in [2.75, 3.05) is 7.11 Å². The van der Waals surface area contributed by atoms with Crippen LogP contribution in [0.4, 0.5) is 30.7 Å². The standard InChI is InChI=1S/C13H8ClF7N2O/c1-24-7-4-2-6(3-5-7)9-8(14)10(23-22-9)11(15,16)12(17,18)13(19,20)21/h2-5H,1H3,(H,22,23). The molecular formula is C13H8ClF7N2O. The molecule has 0 fully saturated rings. The Bertz CT molecular complexity index is 725. The molecule has 3 nitrogen and oxygen atoms in total. The lowest BCUT2D eigenvalue weighted by Crippen LogP contribution is -2.50. The zero-order chi connectivity index (χ0) is 18.3. The van der Waals surface area contributed by atoms with Crippen LogP contribution in [0, 0.1) is 0 Å². The number of aromatic amines is 1.